The van der Waals surface area contributed by atoms with Gasteiger partial charge >= 0.3 is 0 Å². The SMILES string of the molecule is O=C(NCCNc1ccc([N+](=O)[O-])cc1Cl)c1cccs1. The number of thiophene rings is 1. The molecule has 0 saturated carbocycles. The molecule has 2 rings (SSSR count). The molecule has 0 spiro atoms. The maximum atomic E-state index is 11.7. The van der Waals surface area contributed by atoms with Gasteiger partial charge < -0.3 is 10.6 Å². The third kappa shape index (κ3) is 4.17. The van der Waals surface area contributed by atoms with Gasteiger partial charge in [-0.2, -0.15) is 0 Å². The summed E-state index contributed by atoms with van der Waals surface area (Å²) in [7, 11) is 0. The maximum Gasteiger partial charge on any atom is 0.271 e. The molecule has 6 nitrogen and oxygen atoms in total. The molecule has 0 atom stereocenters. The van der Waals surface area contributed by atoms with Crippen molar-refractivity contribution in [2.24, 2.45) is 0 Å². The van der Waals surface area contributed by atoms with Crippen LogP contribution in [0.25, 0.3) is 0 Å². The Morgan fingerprint density at radius 3 is 2.76 bits per heavy atom. The lowest BCUT2D eigenvalue weighted by Gasteiger charge is -2.08. The standard InChI is InChI=1S/C13H12ClN3O3S/c14-10-8-9(17(19)20)3-4-11(10)15-5-6-16-13(18)12-2-1-7-21-12/h1-4,7-8,15H,5-6H2,(H,16,18). The molecule has 0 aliphatic carbocycles. The van der Waals surface area contributed by atoms with E-state index in [-0.39, 0.29) is 16.6 Å². The second-order valence-corrected chi connectivity index (χ2v) is 5.44. The number of benzene rings is 1. The van der Waals surface area contributed by atoms with E-state index in [2.05, 4.69) is 10.6 Å². The summed E-state index contributed by atoms with van der Waals surface area (Å²) in [6.45, 7) is 0.888. The van der Waals surface area contributed by atoms with Crippen molar-refractivity contribution in [3.63, 3.8) is 0 Å². The lowest BCUT2D eigenvalue weighted by atomic mass is 10.3. The number of nitro benzene ring substituents is 1. The molecular formula is C13H12ClN3O3S. The monoisotopic (exact) mass is 325 g/mol. The van der Waals surface area contributed by atoms with Gasteiger partial charge in [0.15, 0.2) is 0 Å². The number of amides is 1. The number of hydrogen-bond donors (Lipinski definition) is 2. The Morgan fingerprint density at radius 1 is 1.33 bits per heavy atom. The van der Waals surface area contributed by atoms with Crippen molar-refractivity contribution in [1.29, 1.82) is 0 Å². The minimum Gasteiger partial charge on any atom is -0.382 e. The highest BCUT2D eigenvalue weighted by Crippen LogP contribution is 2.26. The first-order valence-corrected chi connectivity index (χ1v) is 7.33. The average molecular weight is 326 g/mol. The Hall–Kier alpha value is -2.12. The first-order valence-electron chi connectivity index (χ1n) is 6.07. The molecule has 1 aromatic heterocycles. The predicted octanol–water partition coefficient (Wildman–Crippen LogP) is 3.15. The smallest absolute Gasteiger partial charge is 0.271 e. The Morgan fingerprint density at radius 2 is 2.14 bits per heavy atom. The van der Waals surface area contributed by atoms with Gasteiger partial charge in [0, 0.05) is 25.2 Å². The average Bonchev–Trinajstić information content (AvgIpc) is 2.98. The number of nitro groups is 1. The van der Waals surface area contributed by atoms with Crippen molar-refractivity contribution in [3.05, 3.63) is 55.7 Å². The Bertz CT molecular complexity index is 646. The quantitative estimate of drug-likeness (QED) is 0.485. The second-order valence-electron chi connectivity index (χ2n) is 4.08. The van der Waals surface area contributed by atoms with Crippen molar-refractivity contribution >= 4 is 40.2 Å². The summed E-state index contributed by atoms with van der Waals surface area (Å²) in [5.41, 5.74) is 0.532. The van der Waals surface area contributed by atoms with Gasteiger partial charge in [-0.15, -0.1) is 11.3 Å². The topological polar surface area (TPSA) is 84.3 Å². The number of nitrogens with zero attached hydrogens (tertiary/aromatic N) is 1. The van der Waals surface area contributed by atoms with Crippen molar-refractivity contribution in [2.45, 2.75) is 0 Å². The van der Waals surface area contributed by atoms with Gasteiger partial charge in [0.1, 0.15) is 0 Å². The molecule has 110 valence electrons. The molecule has 0 unspecified atom stereocenters. The molecule has 1 amide bonds. The van der Waals surface area contributed by atoms with Gasteiger partial charge in [-0.05, 0) is 17.5 Å². The van der Waals surface area contributed by atoms with Crippen LogP contribution in [-0.4, -0.2) is 23.9 Å². The van der Waals surface area contributed by atoms with Crippen molar-refractivity contribution < 1.29 is 9.72 Å². The lowest BCUT2D eigenvalue weighted by molar-refractivity contribution is -0.384. The predicted molar refractivity (Wildman–Crippen MR) is 83.2 cm³/mol. The van der Waals surface area contributed by atoms with Crippen LogP contribution in [0.2, 0.25) is 5.02 Å². The van der Waals surface area contributed by atoms with Crippen LogP contribution < -0.4 is 10.6 Å². The van der Waals surface area contributed by atoms with Gasteiger partial charge in [-0.1, -0.05) is 17.7 Å². The van der Waals surface area contributed by atoms with E-state index in [1.54, 1.807) is 12.1 Å². The van der Waals surface area contributed by atoms with Gasteiger partial charge in [-0.25, -0.2) is 0 Å². The second kappa shape index (κ2) is 7.05. The number of anilines is 1. The summed E-state index contributed by atoms with van der Waals surface area (Å²) in [4.78, 5) is 22.4. The molecule has 1 heterocycles. The van der Waals surface area contributed by atoms with Crippen molar-refractivity contribution in [2.75, 3.05) is 18.4 Å². The van der Waals surface area contributed by atoms with E-state index in [0.29, 0.717) is 23.7 Å². The number of rotatable bonds is 6. The van der Waals surface area contributed by atoms with Gasteiger partial charge in [0.2, 0.25) is 0 Å². The van der Waals surface area contributed by atoms with Crippen LogP contribution in [-0.2, 0) is 0 Å². The third-order valence-corrected chi connectivity index (χ3v) is 3.82. The molecule has 0 radical (unpaired) electrons. The molecule has 0 fully saturated rings. The molecule has 1 aromatic carbocycles. The van der Waals surface area contributed by atoms with Crippen LogP contribution in [0.5, 0.6) is 0 Å². The molecule has 2 N–H and O–H groups in total. The maximum absolute atomic E-state index is 11.7. The van der Waals surface area contributed by atoms with Crippen LogP contribution in [0.4, 0.5) is 11.4 Å². The first-order chi connectivity index (χ1) is 10.1. The van der Waals surface area contributed by atoms with E-state index in [9.17, 15) is 14.9 Å². The number of carbonyl (C=O) groups excluding carboxylic acids is 1. The van der Waals surface area contributed by atoms with Crippen molar-refractivity contribution in [1.82, 2.24) is 5.32 Å². The zero-order valence-corrected chi connectivity index (χ0v) is 12.4. The van der Waals surface area contributed by atoms with Gasteiger partial charge in [0.05, 0.1) is 20.5 Å². The summed E-state index contributed by atoms with van der Waals surface area (Å²) < 4.78 is 0. The summed E-state index contributed by atoms with van der Waals surface area (Å²) >= 11 is 7.32. The molecule has 21 heavy (non-hydrogen) atoms. The Kier molecular flexibility index (Phi) is 5.13. The van der Waals surface area contributed by atoms with Gasteiger partial charge in [0.25, 0.3) is 11.6 Å². The number of halogens is 1. The van der Waals surface area contributed by atoms with E-state index >= 15 is 0 Å². The molecular weight excluding hydrogens is 314 g/mol. The van der Waals surface area contributed by atoms with E-state index in [0.717, 1.165) is 0 Å². The minimum absolute atomic E-state index is 0.0588. The lowest BCUT2D eigenvalue weighted by Crippen LogP contribution is -2.28. The van der Waals surface area contributed by atoms with Gasteiger partial charge in [-0.3, -0.25) is 14.9 Å². The van der Waals surface area contributed by atoms with Crippen LogP contribution in [0, 0.1) is 10.1 Å². The number of carbonyl (C=O) groups is 1. The van der Waals surface area contributed by atoms with Crippen LogP contribution >= 0.6 is 22.9 Å². The number of nitrogens with one attached hydrogen (secondary N) is 2. The third-order valence-electron chi connectivity index (χ3n) is 2.63. The van der Waals surface area contributed by atoms with E-state index in [4.69, 9.17) is 11.6 Å². The molecule has 0 bridgehead atoms. The Balaban J connectivity index is 1.81. The van der Waals surface area contributed by atoms with E-state index < -0.39 is 4.92 Å². The highest BCUT2D eigenvalue weighted by molar-refractivity contribution is 7.12. The Labute approximate surface area is 129 Å². The normalized spacial score (nSPS) is 10.1. The van der Waals surface area contributed by atoms with Crippen LogP contribution in [0.15, 0.2) is 35.7 Å². The highest BCUT2D eigenvalue weighted by atomic mass is 35.5. The highest BCUT2D eigenvalue weighted by Gasteiger charge is 2.09. The molecule has 0 saturated heterocycles. The molecule has 2 aromatic rings. The summed E-state index contributed by atoms with van der Waals surface area (Å²) in [5.74, 6) is -0.124. The van der Waals surface area contributed by atoms with E-state index in [1.165, 1.54) is 23.5 Å². The molecule has 0 aliphatic rings. The fourth-order valence-corrected chi connectivity index (χ4v) is 2.51. The summed E-state index contributed by atoms with van der Waals surface area (Å²) in [6.07, 6.45) is 0. The largest absolute Gasteiger partial charge is 0.382 e. The minimum atomic E-state index is -0.503. The fraction of sp³-hybridized carbons (Fsp3) is 0.154. The van der Waals surface area contributed by atoms with Crippen molar-refractivity contribution in [3.8, 4) is 0 Å². The van der Waals surface area contributed by atoms with Crippen LogP contribution in [0.1, 0.15) is 9.67 Å². The summed E-state index contributed by atoms with van der Waals surface area (Å²) in [6, 6.07) is 7.77. The van der Waals surface area contributed by atoms with Crippen LogP contribution in [0.3, 0.4) is 0 Å². The zero-order valence-electron chi connectivity index (χ0n) is 10.8. The molecule has 0 aliphatic heterocycles. The number of non-ortho nitro benzene ring substituents is 1. The van der Waals surface area contributed by atoms with E-state index in [1.807, 2.05) is 11.4 Å². The molecule has 8 heteroatoms. The summed E-state index contributed by atoms with van der Waals surface area (Å²) in [5, 5.41) is 18.5. The number of hydrogen-bond acceptors (Lipinski definition) is 5. The zero-order chi connectivity index (χ0) is 15.2. The fourth-order valence-electron chi connectivity index (χ4n) is 1.63. The first kappa shape index (κ1) is 15.3.